The van der Waals surface area contributed by atoms with Crippen LogP contribution in [0.4, 0.5) is 11.6 Å². The number of hydrogen-bond acceptors (Lipinski definition) is 3. The van der Waals surface area contributed by atoms with Gasteiger partial charge in [-0.2, -0.15) is 0 Å². The number of aryl methyl sites for hydroxylation is 2. The van der Waals surface area contributed by atoms with E-state index in [1.807, 2.05) is 6.92 Å². The molecule has 3 N–H and O–H groups in total. The van der Waals surface area contributed by atoms with E-state index in [0.29, 0.717) is 6.04 Å². The van der Waals surface area contributed by atoms with E-state index in [4.69, 9.17) is 5.73 Å². The van der Waals surface area contributed by atoms with Crippen LogP contribution in [0.2, 0.25) is 0 Å². The molecule has 0 saturated carbocycles. The molecule has 0 bridgehead atoms. The molecule has 1 aliphatic heterocycles. The summed E-state index contributed by atoms with van der Waals surface area (Å²) in [5.41, 5.74) is 10.4. The third kappa shape index (κ3) is 2.07. The molecule has 3 rings (SSSR count). The number of anilines is 2. The van der Waals surface area contributed by atoms with E-state index in [0.717, 1.165) is 42.3 Å². The van der Waals surface area contributed by atoms with Gasteiger partial charge in [0.25, 0.3) is 0 Å². The van der Waals surface area contributed by atoms with Gasteiger partial charge in [-0.05, 0) is 37.0 Å². The Kier molecular flexibility index (Phi) is 2.93. The van der Waals surface area contributed by atoms with Crippen molar-refractivity contribution in [1.29, 1.82) is 0 Å². The smallest absolute Gasteiger partial charge is 0.203 e. The number of nitrogens with one attached hydrogen (secondary N) is 1. The van der Waals surface area contributed by atoms with Crippen molar-refractivity contribution in [2.75, 3.05) is 17.6 Å². The van der Waals surface area contributed by atoms with E-state index >= 15 is 0 Å². The molecule has 1 aromatic heterocycles. The van der Waals surface area contributed by atoms with Crippen LogP contribution in [-0.4, -0.2) is 16.1 Å². The van der Waals surface area contributed by atoms with E-state index in [2.05, 4.69) is 46.2 Å². The highest BCUT2D eigenvalue weighted by Crippen LogP contribution is 2.31. The molecular weight excluding hydrogens is 236 g/mol. The summed E-state index contributed by atoms with van der Waals surface area (Å²) in [4.78, 5) is 4.61. The van der Waals surface area contributed by atoms with Crippen LogP contribution in [0.3, 0.4) is 0 Å². The topological polar surface area (TPSA) is 55.9 Å². The van der Waals surface area contributed by atoms with Gasteiger partial charge in [-0.15, -0.1) is 0 Å². The lowest BCUT2D eigenvalue weighted by atomic mass is 10.00. The number of benzene rings is 1. The van der Waals surface area contributed by atoms with Crippen LogP contribution in [0.1, 0.15) is 36.2 Å². The zero-order chi connectivity index (χ0) is 13.4. The second-order valence-electron chi connectivity index (χ2n) is 5.16. The molecule has 0 amide bonds. The Morgan fingerprint density at radius 1 is 1.47 bits per heavy atom. The van der Waals surface area contributed by atoms with E-state index in [-0.39, 0.29) is 0 Å². The molecule has 1 atom stereocenters. The van der Waals surface area contributed by atoms with Crippen LogP contribution in [-0.2, 0) is 6.42 Å². The van der Waals surface area contributed by atoms with E-state index in [1.54, 1.807) is 0 Å². The zero-order valence-electron chi connectivity index (χ0n) is 11.5. The van der Waals surface area contributed by atoms with Crippen LogP contribution >= 0.6 is 0 Å². The second kappa shape index (κ2) is 4.61. The van der Waals surface area contributed by atoms with E-state index < -0.39 is 0 Å². The third-order valence-electron chi connectivity index (χ3n) is 3.87. The minimum absolute atomic E-state index is 0.340. The molecule has 4 heteroatoms. The summed E-state index contributed by atoms with van der Waals surface area (Å²) < 4.78 is 2.24. The average molecular weight is 256 g/mol. The van der Waals surface area contributed by atoms with Crippen molar-refractivity contribution in [3.05, 3.63) is 41.2 Å². The van der Waals surface area contributed by atoms with Gasteiger partial charge in [0.05, 0.1) is 11.7 Å². The van der Waals surface area contributed by atoms with Gasteiger partial charge in [0.15, 0.2) is 0 Å². The molecule has 1 unspecified atom stereocenters. The van der Waals surface area contributed by atoms with Gasteiger partial charge in [0, 0.05) is 18.4 Å². The predicted octanol–water partition coefficient (Wildman–Crippen LogP) is 2.74. The maximum Gasteiger partial charge on any atom is 0.203 e. The van der Waals surface area contributed by atoms with Gasteiger partial charge in [-0.1, -0.05) is 19.1 Å². The van der Waals surface area contributed by atoms with Gasteiger partial charge in [-0.3, -0.25) is 0 Å². The average Bonchev–Trinajstić information content (AvgIpc) is 2.85. The first-order valence-corrected chi connectivity index (χ1v) is 6.86. The molecule has 19 heavy (non-hydrogen) atoms. The summed E-state index contributed by atoms with van der Waals surface area (Å²) in [5.74, 6) is 0.979. The minimum atomic E-state index is 0.340. The summed E-state index contributed by atoms with van der Waals surface area (Å²) in [6.45, 7) is 5.13. The van der Waals surface area contributed by atoms with Crippen molar-refractivity contribution >= 4 is 11.6 Å². The molecule has 0 radical (unpaired) electrons. The molecule has 100 valence electrons. The van der Waals surface area contributed by atoms with Crippen molar-refractivity contribution in [2.45, 2.75) is 32.7 Å². The SMILES string of the molecule is CCc1cn2c(n1)NCCC2c1ccc(C)c(N)c1. The molecule has 0 saturated heterocycles. The maximum absolute atomic E-state index is 6.04. The molecule has 2 aromatic rings. The monoisotopic (exact) mass is 256 g/mol. The first kappa shape index (κ1) is 12.1. The number of rotatable bonds is 2. The fourth-order valence-electron chi connectivity index (χ4n) is 2.64. The first-order valence-electron chi connectivity index (χ1n) is 6.86. The third-order valence-corrected chi connectivity index (χ3v) is 3.87. The largest absolute Gasteiger partial charge is 0.399 e. The lowest BCUT2D eigenvalue weighted by Crippen LogP contribution is -2.23. The molecule has 0 fully saturated rings. The maximum atomic E-state index is 6.04. The number of hydrogen-bond donors (Lipinski definition) is 2. The normalized spacial score (nSPS) is 17.9. The summed E-state index contributed by atoms with van der Waals surface area (Å²) in [6.07, 6.45) is 4.18. The van der Waals surface area contributed by atoms with Crippen LogP contribution in [0.25, 0.3) is 0 Å². The van der Waals surface area contributed by atoms with E-state index in [1.165, 1.54) is 5.56 Å². The second-order valence-corrected chi connectivity index (χ2v) is 5.16. The predicted molar refractivity (Wildman–Crippen MR) is 78.4 cm³/mol. The van der Waals surface area contributed by atoms with Crippen LogP contribution < -0.4 is 11.1 Å². The molecule has 2 heterocycles. The van der Waals surface area contributed by atoms with Crippen LogP contribution in [0.5, 0.6) is 0 Å². The van der Waals surface area contributed by atoms with Crippen molar-refractivity contribution < 1.29 is 0 Å². The van der Waals surface area contributed by atoms with Gasteiger partial charge >= 0.3 is 0 Å². The molecule has 0 spiro atoms. The lowest BCUT2D eigenvalue weighted by molar-refractivity contribution is 0.530. The Bertz CT molecular complexity index is 600. The molecule has 0 aliphatic carbocycles. The van der Waals surface area contributed by atoms with Gasteiger partial charge in [-0.25, -0.2) is 4.98 Å². The van der Waals surface area contributed by atoms with Crippen LogP contribution in [0.15, 0.2) is 24.4 Å². The summed E-state index contributed by atoms with van der Waals surface area (Å²) >= 11 is 0. The fourth-order valence-corrected chi connectivity index (χ4v) is 2.64. The number of aromatic nitrogens is 2. The quantitative estimate of drug-likeness (QED) is 0.812. The Morgan fingerprint density at radius 2 is 2.32 bits per heavy atom. The van der Waals surface area contributed by atoms with Crippen molar-refractivity contribution in [3.8, 4) is 0 Å². The molecule has 1 aromatic carbocycles. The van der Waals surface area contributed by atoms with Gasteiger partial charge < -0.3 is 15.6 Å². The van der Waals surface area contributed by atoms with Crippen molar-refractivity contribution in [1.82, 2.24) is 9.55 Å². The number of imidazole rings is 1. The number of nitrogens with two attached hydrogens (primary N) is 1. The number of nitrogen functional groups attached to an aromatic ring is 1. The standard InChI is InChI=1S/C15H20N4/c1-3-12-9-19-14(6-7-17-15(19)18-12)11-5-4-10(2)13(16)8-11/h4-5,8-9,14H,3,6-7,16H2,1-2H3,(H,17,18). The first-order chi connectivity index (χ1) is 9.19. The van der Waals surface area contributed by atoms with Gasteiger partial charge in [0.2, 0.25) is 5.95 Å². The Labute approximate surface area is 113 Å². The summed E-state index contributed by atoms with van der Waals surface area (Å²) in [5, 5.41) is 3.36. The number of nitrogens with zero attached hydrogens (tertiary/aromatic N) is 2. The number of fused-ring (bicyclic) bond motifs is 1. The Morgan fingerprint density at radius 3 is 3.05 bits per heavy atom. The lowest BCUT2D eigenvalue weighted by Gasteiger charge is -2.26. The molecular formula is C15H20N4. The highest BCUT2D eigenvalue weighted by atomic mass is 15.2. The highest BCUT2D eigenvalue weighted by Gasteiger charge is 2.22. The Balaban J connectivity index is 2.02. The summed E-state index contributed by atoms with van der Waals surface area (Å²) in [7, 11) is 0. The molecule has 4 nitrogen and oxygen atoms in total. The zero-order valence-corrected chi connectivity index (χ0v) is 11.5. The van der Waals surface area contributed by atoms with Crippen molar-refractivity contribution in [2.24, 2.45) is 0 Å². The van der Waals surface area contributed by atoms with Crippen LogP contribution in [0, 0.1) is 6.92 Å². The van der Waals surface area contributed by atoms with Gasteiger partial charge in [0.1, 0.15) is 0 Å². The fraction of sp³-hybridized carbons (Fsp3) is 0.400. The highest BCUT2D eigenvalue weighted by molar-refractivity contribution is 5.50. The minimum Gasteiger partial charge on any atom is -0.399 e. The van der Waals surface area contributed by atoms with E-state index in [9.17, 15) is 0 Å². The van der Waals surface area contributed by atoms with Crippen molar-refractivity contribution in [3.63, 3.8) is 0 Å². The Hall–Kier alpha value is -1.97. The molecule has 1 aliphatic rings. The summed E-state index contributed by atoms with van der Waals surface area (Å²) in [6, 6.07) is 6.72.